The van der Waals surface area contributed by atoms with Gasteiger partial charge < -0.3 is 29.2 Å². The van der Waals surface area contributed by atoms with Crippen molar-refractivity contribution in [1.82, 2.24) is 19.8 Å². The van der Waals surface area contributed by atoms with Crippen molar-refractivity contribution in [2.24, 2.45) is 0 Å². The SMILES string of the molecule is [C-]#[N+]C[C@H]1CN(c2nc(OC[C@@H]3CCCN3C)nc3c2CCN(c2cccc(F)c2C)C3)CCN1C(=O)C=C. The van der Waals surface area contributed by atoms with Crippen molar-refractivity contribution in [2.75, 3.05) is 62.7 Å². The third kappa shape index (κ3) is 5.55. The number of hydrogen-bond acceptors (Lipinski definition) is 7. The lowest BCUT2D eigenvalue weighted by atomic mass is 10.0. The maximum absolute atomic E-state index is 14.4. The molecule has 0 radical (unpaired) electrons. The molecule has 2 aromatic rings. The number of fused-ring (bicyclic) bond motifs is 1. The molecule has 10 heteroatoms. The van der Waals surface area contributed by atoms with Gasteiger partial charge in [0, 0.05) is 49.0 Å². The topological polar surface area (TPSA) is 69.4 Å². The van der Waals surface area contributed by atoms with Gasteiger partial charge in [0.2, 0.25) is 12.5 Å². The zero-order chi connectivity index (χ0) is 27.5. The Hall–Kier alpha value is -3.71. The van der Waals surface area contributed by atoms with Crippen LogP contribution in [0.15, 0.2) is 30.9 Å². The first kappa shape index (κ1) is 26.9. The summed E-state index contributed by atoms with van der Waals surface area (Å²) in [5.41, 5.74) is 3.41. The molecule has 0 unspecified atom stereocenters. The molecular weight excluding hydrogens is 497 g/mol. The monoisotopic (exact) mass is 533 g/mol. The fourth-order valence-electron chi connectivity index (χ4n) is 5.94. The molecular formula is C29H36FN7O2. The third-order valence-corrected chi connectivity index (χ3v) is 8.22. The molecule has 3 aliphatic rings. The van der Waals surface area contributed by atoms with Gasteiger partial charge in [0.1, 0.15) is 24.3 Å². The zero-order valence-corrected chi connectivity index (χ0v) is 22.8. The molecule has 0 bridgehead atoms. The lowest BCUT2D eigenvalue weighted by Gasteiger charge is -2.41. The number of anilines is 2. The summed E-state index contributed by atoms with van der Waals surface area (Å²) in [4.78, 5) is 34.2. The number of piperazine rings is 1. The van der Waals surface area contributed by atoms with Crippen LogP contribution in [0.2, 0.25) is 0 Å². The third-order valence-electron chi connectivity index (χ3n) is 8.22. The fraction of sp³-hybridized carbons (Fsp3) is 0.517. The Bertz CT molecular complexity index is 1280. The number of carbonyl (C=O) groups is 1. The first-order chi connectivity index (χ1) is 18.9. The second-order valence-corrected chi connectivity index (χ2v) is 10.6. The standard InChI is InChI=1S/C29H36FN7O2/c1-5-27(38)37-15-14-36(17-22(37)16-31-3)28-23-11-13-35(26-10-6-9-24(30)20(26)2)18-25(23)32-29(33-28)39-19-21-8-7-12-34(21)4/h5-6,9-10,21-22H,1,7-8,11-19H2,2,4H3/t21-,22-/m0/s1. The van der Waals surface area contributed by atoms with Crippen LogP contribution >= 0.6 is 0 Å². The molecule has 2 saturated heterocycles. The van der Waals surface area contributed by atoms with Crippen LogP contribution < -0.4 is 14.5 Å². The summed E-state index contributed by atoms with van der Waals surface area (Å²) in [5.74, 6) is 0.439. The summed E-state index contributed by atoms with van der Waals surface area (Å²) in [6.07, 6.45) is 4.25. The van der Waals surface area contributed by atoms with Crippen LogP contribution in [0.3, 0.4) is 0 Å². The van der Waals surface area contributed by atoms with Crippen molar-refractivity contribution in [1.29, 1.82) is 0 Å². The van der Waals surface area contributed by atoms with E-state index in [4.69, 9.17) is 21.3 Å². The van der Waals surface area contributed by atoms with Gasteiger partial charge in [-0.15, -0.1) is 0 Å². The van der Waals surface area contributed by atoms with E-state index in [0.717, 1.165) is 42.1 Å². The van der Waals surface area contributed by atoms with Crippen LogP contribution in [0.1, 0.15) is 29.7 Å². The summed E-state index contributed by atoms with van der Waals surface area (Å²) < 4.78 is 20.6. The van der Waals surface area contributed by atoms with Crippen LogP contribution in [0.4, 0.5) is 15.9 Å². The second-order valence-electron chi connectivity index (χ2n) is 10.6. The van der Waals surface area contributed by atoms with E-state index in [0.29, 0.717) is 63.4 Å². The van der Waals surface area contributed by atoms with E-state index in [1.54, 1.807) is 17.9 Å². The minimum Gasteiger partial charge on any atom is -0.462 e. The molecule has 39 heavy (non-hydrogen) atoms. The van der Waals surface area contributed by atoms with Gasteiger partial charge in [-0.25, -0.2) is 11.0 Å². The summed E-state index contributed by atoms with van der Waals surface area (Å²) in [6.45, 7) is 17.5. The highest BCUT2D eigenvalue weighted by molar-refractivity contribution is 5.87. The van der Waals surface area contributed by atoms with Gasteiger partial charge >= 0.3 is 6.01 Å². The number of nitrogens with zero attached hydrogens (tertiary/aromatic N) is 7. The molecule has 1 aromatic heterocycles. The molecule has 0 N–H and O–H groups in total. The van der Waals surface area contributed by atoms with E-state index >= 15 is 0 Å². The summed E-state index contributed by atoms with van der Waals surface area (Å²) in [7, 11) is 2.11. The molecule has 206 valence electrons. The lowest BCUT2D eigenvalue weighted by molar-refractivity contribution is -0.128. The van der Waals surface area contributed by atoms with Crippen molar-refractivity contribution >= 4 is 17.4 Å². The average molecular weight is 534 g/mol. The predicted octanol–water partition coefficient (Wildman–Crippen LogP) is 3.08. The highest BCUT2D eigenvalue weighted by Crippen LogP contribution is 2.33. The molecule has 2 atom stereocenters. The Morgan fingerprint density at radius 1 is 1.23 bits per heavy atom. The van der Waals surface area contributed by atoms with Gasteiger partial charge in [0.15, 0.2) is 0 Å². The summed E-state index contributed by atoms with van der Waals surface area (Å²) >= 11 is 0. The average Bonchev–Trinajstić information content (AvgIpc) is 3.36. The fourth-order valence-corrected chi connectivity index (χ4v) is 5.94. The van der Waals surface area contributed by atoms with Gasteiger partial charge in [0.25, 0.3) is 0 Å². The number of aromatic nitrogens is 2. The highest BCUT2D eigenvalue weighted by atomic mass is 19.1. The minimum absolute atomic E-state index is 0.154. The Labute approximate surface area is 229 Å². The van der Waals surface area contributed by atoms with E-state index in [2.05, 4.69) is 33.2 Å². The largest absolute Gasteiger partial charge is 0.462 e. The lowest BCUT2D eigenvalue weighted by Crippen LogP contribution is -2.56. The number of likely N-dealkylation sites (tertiary alicyclic amines) is 1. The molecule has 4 heterocycles. The van der Waals surface area contributed by atoms with Gasteiger partial charge in [-0.1, -0.05) is 12.6 Å². The Balaban J connectivity index is 1.46. The molecule has 0 spiro atoms. The Morgan fingerprint density at radius 3 is 2.82 bits per heavy atom. The Morgan fingerprint density at radius 2 is 2.08 bits per heavy atom. The van der Waals surface area contributed by atoms with E-state index in [1.165, 1.54) is 12.1 Å². The molecule has 1 aromatic carbocycles. The molecule has 0 saturated carbocycles. The number of ether oxygens (including phenoxy) is 1. The van der Waals surface area contributed by atoms with E-state index in [9.17, 15) is 9.18 Å². The van der Waals surface area contributed by atoms with Gasteiger partial charge in [-0.3, -0.25) is 4.79 Å². The van der Waals surface area contributed by atoms with E-state index < -0.39 is 0 Å². The van der Waals surface area contributed by atoms with Crippen molar-refractivity contribution in [3.8, 4) is 6.01 Å². The number of rotatable bonds is 7. The number of benzene rings is 1. The zero-order valence-electron chi connectivity index (χ0n) is 22.8. The smallest absolute Gasteiger partial charge is 0.318 e. The first-order valence-corrected chi connectivity index (χ1v) is 13.6. The molecule has 3 aliphatic heterocycles. The normalized spacial score (nSPS) is 21.4. The predicted molar refractivity (Wildman–Crippen MR) is 148 cm³/mol. The van der Waals surface area contributed by atoms with Gasteiger partial charge in [0.05, 0.1) is 12.2 Å². The maximum atomic E-state index is 14.4. The van der Waals surface area contributed by atoms with Crippen LogP contribution in [0.5, 0.6) is 6.01 Å². The molecule has 9 nitrogen and oxygen atoms in total. The molecule has 5 rings (SSSR count). The van der Waals surface area contributed by atoms with Crippen molar-refractivity contribution in [2.45, 2.75) is 44.8 Å². The van der Waals surface area contributed by atoms with Crippen molar-refractivity contribution in [3.05, 3.63) is 64.9 Å². The second kappa shape index (κ2) is 11.6. The van der Waals surface area contributed by atoms with Crippen LogP contribution in [0, 0.1) is 19.3 Å². The van der Waals surface area contributed by atoms with Crippen LogP contribution in [-0.2, 0) is 17.8 Å². The van der Waals surface area contributed by atoms with Gasteiger partial charge in [-0.2, -0.15) is 9.97 Å². The van der Waals surface area contributed by atoms with Crippen molar-refractivity contribution in [3.63, 3.8) is 0 Å². The van der Waals surface area contributed by atoms with Crippen molar-refractivity contribution < 1.29 is 13.9 Å². The van der Waals surface area contributed by atoms with E-state index in [-0.39, 0.29) is 24.3 Å². The summed E-state index contributed by atoms with van der Waals surface area (Å²) in [6, 6.07) is 5.60. The number of amides is 1. The molecule has 2 fully saturated rings. The number of carbonyl (C=O) groups excluding carboxylic acids is 1. The maximum Gasteiger partial charge on any atom is 0.318 e. The highest BCUT2D eigenvalue weighted by Gasteiger charge is 2.35. The summed E-state index contributed by atoms with van der Waals surface area (Å²) in [5, 5.41) is 0. The number of halogens is 1. The minimum atomic E-state index is -0.251. The van der Waals surface area contributed by atoms with E-state index in [1.807, 2.05) is 6.07 Å². The van der Waals surface area contributed by atoms with Gasteiger partial charge in [-0.05, 0) is 58.0 Å². The molecule has 0 aliphatic carbocycles. The Kier molecular flexibility index (Phi) is 7.98. The van der Waals surface area contributed by atoms with Crippen LogP contribution in [0.25, 0.3) is 4.85 Å². The number of hydrogen-bond donors (Lipinski definition) is 0. The first-order valence-electron chi connectivity index (χ1n) is 13.6. The number of likely N-dealkylation sites (N-methyl/N-ethyl adjacent to an activating group) is 1. The van der Waals surface area contributed by atoms with Crippen LogP contribution in [-0.4, -0.2) is 90.7 Å². The quantitative estimate of drug-likeness (QED) is 0.400. The molecule has 1 amide bonds.